The second kappa shape index (κ2) is 3.28. The molecule has 2 heterocycles. The van der Waals surface area contributed by atoms with E-state index in [1.54, 1.807) is 0 Å². The largest absolute Gasteiger partial charge is 0.389 e. The lowest BCUT2D eigenvalue weighted by molar-refractivity contribution is -0.387. The summed E-state index contributed by atoms with van der Waals surface area (Å²) in [6.45, 7) is 0.0562. The molecule has 6 nitrogen and oxygen atoms in total. The molecule has 0 saturated carbocycles. The number of pyridine rings is 1. The molecule has 2 aromatic rings. The van der Waals surface area contributed by atoms with Crippen LogP contribution < -0.4 is 5.73 Å². The lowest BCUT2D eigenvalue weighted by Gasteiger charge is -1.94. The summed E-state index contributed by atoms with van der Waals surface area (Å²) in [7, 11) is 0. The smallest absolute Gasteiger partial charge is 0.358 e. The number of hydrogen-bond donors (Lipinski definition) is 1. The topological polar surface area (TPSA) is 86.5 Å². The molecular formula is C8H7FN4O2. The minimum Gasteiger partial charge on any atom is -0.358 e. The van der Waals surface area contributed by atoms with Crippen molar-refractivity contribution in [2.45, 2.75) is 6.54 Å². The fourth-order valence-electron chi connectivity index (χ4n) is 1.38. The summed E-state index contributed by atoms with van der Waals surface area (Å²) in [6, 6.07) is 2.25. The lowest BCUT2D eigenvalue weighted by Crippen LogP contribution is -2.02. The zero-order chi connectivity index (χ0) is 11.0. The van der Waals surface area contributed by atoms with Gasteiger partial charge in [0.1, 0.15) is 5.82 Å². The predicted octanol–water partition coefficient (Wildman–Crippen LogP) is 0.840. The molecule has 0 fully saturated rings. The van der Waals surface area contributed by atoms with Crippen LogP contribution in [0, 0.1) is 15.9 Å². The van der Waals surface area contributed by atoms with Crippen LogP contribution in [0.1, 0.15) is 5.82 Å². The van der Waals surface area contributed by atoms with Gasteiger partial charge in [0.05, 0.1) is 6.54 Å². The number of halogens is 1. The zero-order valence-corrected chi connectivity index (χ0v) is 7.55. The van der Waals surface area contributed by atoms with E-state index in [0.29, 0.717) is 5.82 Å². The van der Waals surface area contributed by atoms with Gasteiger partial charge in [-0.05, 0) is 16.0 Å². The van der Waals surface area contributed by atoms with Gasteiger partial charge in [-0.1, -0.05) is 0 Å². The fourth-order valence-corrected chi connectivity index (χ4v) is 1.38. The Morgan fingerprint density at radius 3 is 3.00 bits per heavy atom. The normalized spacial score (nSPS) is 10.8. The van der Waals surface area contributed by atoms with Gasteiger partial charge in [0, 0.05) is 12.3 Å². The molecule has 0 aliphatic carbocycles. The molecule has 0 atom stereocenters. The van der Waals surface area contributed by atoms with E-state index in [1.807, 2.05) is 0 Å². The van der Waals surface area contributed by atoms with Gasteiger partial charge in [-0.2, -0.15) is 0 Å². The summed E-state index contributed by atoms with van der Waals surface area (Å²) in [4.78, 5) is 13.7. The average Bonchev–Trinajstić information content (AvgIpc) is 2.55. The summed E-state index contributed by atoms with van der Waals surface area (Å²) in [5, 5.41) is 10.6. The summed E-state index contributed by atoms with van der Waals surface area (Å²) in [5.74, 6) is -0.597. The van der Waals surface area contributed by atoms with Crippen LogP contribution in [0.25, 0.3) is 5.52 Å². The summed E-state index contributed by atoms with van der Waals surface area (Å²) in [5.41, 5.74) is 5.48. The molecule has 0 spiro atoms. The minimum atomic E-state index is -0.659. The second-order valence-corrected chi connectivity index (χ2v) is 2.91. The summed E-state index contributed by atoms with van der Waals surface area (Å²) >= 11 is 0. The van der Waals surface area contributed by atoms with Crippen molar-refractivity contribution in [3.8, 4) is 0 Å². The van der Waals surface area contributed by atoms with Crippen LogP contribution in [-0.2, 0) is 6.54 Å². The molecule has 0 bridgehead atoms. The highest BCUT2D eigenvalue weighted by atomic mass is 19.1. The fraction of sp³-hybridized carbons (Fsp3) is 0.125. The maximum absolute atomic E-state index is 12.9. The first-order valence-corrected chi connectivity index (χ1v) is 4.14. The van der Waals surface area contributed by atoms with E-state index in [0.717, 1.165) is 6.07 Å². The highest BCUT2D eigenvalue weighted by Crippen LogP contribution is 2.20. The van der Waals surface area contributed by atoms with E-state index in [4.69, 9.17) is 5.73 Å². The standard InChI is InChI=1S/C8H7FN4O2/c9-5-1-2-12-6(3-5)8(13(14)15)11-7(12)4-10/h1-3H,4,10H2. The number of fused-ring (bicyclic) bond motifs is 1. The Balaban J connectivity index is 2.81. The molecule has 78 valence electrons. The first-order valence-electron chi connectivity index (χ1n) is 4.14. The zero-order valence-electron chi connectivity index (χ0n) is 7.55. The van der Waals surface area contributed by atoms with Crippen LogP contribution in [0.15, 0.2) is 18.3 Å². The van der Waals surface area contributed by atoms with E-state index in [1.165, 1.54) is 16.7 Å². The van der Waals surface area contributed by atoms with Gasteiger partial charge in [-0.15, -0.1) is 0 Å². The monoisotopic (exact) mass is 210 g/mol. The summed E-state index contributed by atoms with van der Waals surface area (Å²) in [6.07, 6.45) is 1.37. The van der Waals surface area contributed by atoms with Crippen LogP contribution in [0.4, 0.5) is 10.2 Å². The molecule has 2 aromatic heterocycles. The number of imidazole rings is 1. The van der Waals surface area contributed by atoms with Gasteiger partial charge in [-0.3, -0.25) is 4.40 Å². The molecule has 2 rings (SSSR count). The van der Waals surface area contributed by atoms with Crippen molar-refractivity contribution in [2.24, 2.45) is 5.73 Å². The average molecular weight is 210 g/mol. The number of nitro groups is 1. The molecule has 2 N–H and O–H groups in total. The minimum absolute atomic E-state index is 0.0562. The summed E-state index contributed by atoms with van der Waals surface area (Å²) < 4.78 is 14.3. The molecule has 0 aliphatic heterocycles. The second-order valence-electron chi connectivity index (χ2n) is 2.91. The number of rotatable bonds is 2. The van der Waals surface area contributed by atoms with Crippen molar-refractivity contribution in [3.05, 3.63) is 40.1 Å². The van der Waals surface area contributed by atoms with Gasteiger partial charge >= 0.3 is 5.82 Å². The predicted molar refractivity (Wildman–Crippen MR) is 49.7 cm³/mol. The van der Waals surface area contributed by atoms with Crippen LogP contribution in [-0.4, -0.2) is 14.3 Å². The third-order valence-electron chi connectivity index (χ3n) is 2.01. The van der Waals surface area contributed by atoms with Crippen LogP contribution in [0.5, 0.6) is 0 Å². The Labute approximate surface area is 83.3 Å². The molecular weight excluding hydrogens is 203 g/mol. The van der Waals surface area contributed by atoms with Crippen molar-refractivity contribution in [1.82, 2.24) is 9.38 Å². The number of nitrogens with zero attached hydrogens (tertiary/aromatic N) is 3. The van der Waals surface area contributed by atoms with Crippen molar-refractivity contribution in [2.75, 3.05) is 0 Å². The Morgan fingerprint density at radius 1 is 1.67 bits per heavy atom. The van der Waals surface area contributed by atoms with Crippen LogP contribution in [0.2, 0.25) is 0 Å². The molecule has 7 heteroatoms. The van der Waals surface area contributed by atoms with Crippen molar-refractivity contribution < 1.29 is 9.31 Å². The first kappa shape index (κ1) is 9.53. The van der Waals surface area contributed by atoms with E-state index < -0.39 is 10.7 Å². The Bertz CT molecular complexity index is 537. The van der Waals surface area contributed by atoms with Crippen molar-refractivity contribution in [1.29, 1.82) is 0 Å². The molecule has 0 amide bonds. The van der Waals surface area contributed by atoms with E-state index in [2.05, 4.69) is 4.98 Å². The SMILES string of the molecule is NCc1nc([N+](=O)[O-])c2cc(F)ccn12. The molecule has 0 aliphatic rings. The number of aromatic nitrogens is 2. The number of hydrogen-bond acceptors (Lipinski definition) is 4. The van der Waals surface area contributed by atoms with Gasteiger partial charge < -0.3 is 15.8 Å². The molecule has 0 aromatic carbocycles. The quantitative estimate of drug-likeness (QED) is 0.587. The Kier molecular flexibility index (Phi) is 2.09. The maximum atomic E-state index is 12.9. The van der Waals surface area contributed by atoms with Crippen molar-refractivity contribution >= 4 is 11.3 Å². The first-order chi connectivity index (χ1) is 7.13. The molecule has 15 heavy (non-hydrogen) atoms. The lowest BCUT2D eigenvalue weighted by atomic mass is 10.4. The molecule has 0 saturated heterocycles. The molecule has 0 radical (unpaired) electrons. The highest BCUT2D eigenvalue weighted by Gasteiger charge is 2.21. The van der Waals surface area contributed by atoms with Gasteiger partial charge in [-0.25, -0.2) is 4.39 Å². The Hall–Kier alpha value is -2.02. The third kappa shape index (κ3) is 1.42. The van der Waals surface area contributed by atoms with Gasteiger partial charge in [0.15, 0.2) is 5.52 Å². The molecule has 0 unspecified atom stereocenters. The van der Waals surface area contributed by atoms with Gasteiger partial charge in [0.2, 0.25) is 5.82 Å². The number of nitrogens with two attached hydrogens (primary N) is 1. The van der Waals surface area contributed by atoms with E-state index >= 15 is 0 Å². The van der Waals surface area contributed by atoms with E-state index in [-0.39, 0.29) is 17.9 Å². The van der Waals surface area contributed by atoms with Crippen LogP contribution in [0.3, 0.4) is 0 Å². The third-order valence-corrected chi connectivity index (χ3v) is 2.01. The van der Waals surface area contributed by atoms with Crippen molar-refractivity contribution in [3.63, 3.8) is 0 Å². The Morgan fingerprint density at radius 2 is 2.40 bits per heavy atom. The van der Waals surface area contributed by atoms with Crippen LogP contribution >= 0.6 is 0 Å². The maximum Gasteiger partial charge on any atom is 0.389 e. The van der Waals surface area contributed by atoms with Gasteiger partial charge in [0.25, 0.3) is 0 Å². The highest BCUT2D eigenvalue weighted by molar-refractivity contribution is 5.62. The van der Waals surface area contributed by atoms with E-state index in [9.17, 15) is 14.5 Å².